The van der Waals surface area contributed by atoms with Crippen LogP contribution in [0.15, 0.2) is 18.2 Å². The number of aryl methyl sites for hydroxylation is 1. The normalized spacial score (nSPS) is 14.7. The lowest BCUT2D eigenvalue weighted by Gasteiger charge is -2.32. The molecular weight excluding hydrogens is 332 g/mol. The van der Waals surface area contributed by atoms with E-state index in [0.29, 0.717) is 32.5 Å². The first-order valence-electron chi connectivity index (χ1n) is 9.09. The summed E-state index contributed by atoms with van der Waals surface area (Å²) in [6.45, 7) is 7.61. The summed E-state index contributed by atoms with van der Waals surface area (Å²) in [5.41, 5.74) is 2.82. The third-order valence-corrected chi connectivity index (χ3v) is 4.68. The molecule has 1 aliphatic rings. The van der Waals surface area contributed by atoms with E-state index >= 15 is 0 Å². The van der Waals surface area contributed by atoms with Crippen molar-refractivity contribution in [1.29, 1.82) is 0 Å². The fourth-order valence-corrected chi connectivity index (χ4v) is 3.00. The van der Waals surface area contributed by atoms with E-state index in [1.54, 1.807) is 4.90 Å². The molecule has 0 unspecified atom stereocenters. The Morgan fingerprint density at radius 2 is 1.81 bits per heavy atom. The quantitative estimate of drug-likeness (QED) is 0.701. The number of carbonyl (C=O) groups is 3. The minimum absolute atomic E-state index is 0.00156. The van der Waals surface area contributed by atoms with Crippen LogP contribution in [-0.4, -0.2) is 48.4 Å². The topological polar surface area (TPSA) is 90.5 Å². The molecule has 1 heterocycles. The van der Waals surface area contributed by atoms with Crippen molar-refractivity contribution in [2.75, 3.05) is 25.0 Å². The SMILES string of the molecule is CCNC(=O)N1CCC(NC(=O)CC(=O)Nc2cccc(C)c2C)CC1. The number of carbonyl (C=O) groups excluding carboxylic acids is 3. The first kappa shape index (κ1) is 19.8. The van der Waals surface area contributed by atoms with Crippen molar-refractivity contribution in [3.8, 4) is 0 Å². The van der Waals surface area contributed by atoms with E-state index in [-0.39, 0.29) is 30.3 Å². The molecule has 7 nitrogen and oxygen atoms in total. The lowest BCUT2D eigenvalue weighted by molar-refractivity contribution is -0.127. The highest BCUT2D eigenvalue weighted by Crippen LogP contribution is 2.18. The van der Waals surface area contributed by atoms with Gasteiger partial charge in [-0.05, 0) is 50.8 Å². The summed E-state index contributed by atoms with van der Waals surface area (Å²) < 4.78 is 0. The van der Waals surface area contributed by atoms with E-state index in [1.165, 1.54) is 0 Å². The van der Waals surface area contributed by atoms with Gasteiger partial charge in [-0.15, -0.1) is 0 Å². The van der Waals surface area contributed by atoms with Crippen molar-refractivity contribution >= 4 is 23.5 Å². The van der Waals surface area contributed by atoms with Crippen molar-refractivity contribution in [3.05, 3.63) is 29.3 Å². The number of rotatable bonds is 5. The van der Waals surface area contributed by atoms with Crippen LogP contribution in [0.1, 0.15) is 37.3 Å². The highest BCUT2D eigenvalue weighted by atomic mass is 16.2. The average Bonchev–Trinajstić information content (AvgIpc) is 2.59. The molecular formula is C19H28N4O3. The molecule has 3 N–H and O–H groups in total. The fraction of sp³-hybridized carbons (Fsp3) is 0.526. The first-order chi connectivity index (χ1) is 12.4. The molecule has 0 bridgehead atoms. The molecule has 142 valence electrons. The summed E-state index contributed by atoms with van der Waals surface area (Å²) in [4.78, 5) is 37.7. The summed E-state index contributed by atoms with van der Waals surface area (Å²) in [6, 6.07) is 5.62. The second kappa shape index (κ2) is 9.22. The Morgan fingerprint density at radius 1 is 1.12 bits per heavy atom. The van der Waals surface area contributed by atoms with Crippen LogP contribution in [0.25, 0.3) is 0 Å². The molecule has 26 heavy (non-hydrogen) atoms. The van der Waals surface area contributed by atoms with Crippen LogP contribution in [0.5, 0.6) is 0 Å². The van der Waals surface area contributed by atoms with Gasteiger partial charge in [0.25, 0.3) is 0 Å². The maximum Gasteiger partial charge on any atom is 0.317 e. The summed E-state index contributed by atoms with van der Waals surface area (Å²) in [5.74, 6) is -0.611. The zero-order valence-corrected chi connectivity index (χ0v) is 15.7. The molecule has 0 radical (unpaired) electrons. The summed E-state index contributed by atoms with van der Waals surface area (Å²) in [5, 5.41) is 8.46. The van der Waals surface area contributed by atoms with Gasteiger partial charge < -0.3 is 20.9 Å². The van der Waals surface area contributed by atoms with Crippen LogP contribution in [0.4, 0.5) is 10.5 Å². The van der Waals surface area contributed by atoms with Crippen LogP contribution in [0.3, 0.4) is 0 Å². The number of urea groups is 1. The number of hydrogen-bond acceptors (Lipinski definition) is 3. The van der Waals surface area contributed by atoms with Gasteiger partial charge in [-0.2, -0.15) is 0 Å². The second-order valence-electron chi connectivity index (χ2n) is 6.64. The van der Waals surface area contributed by atoms with Crippen LogP contribution in [0.2, 0.25) is 0 Å². The Labute approximate surface area is 154 Å². The smallest absolute Gasteiger partial charge is 0.317 e. The zero-order valence-electron chi connectivity index (χ0n) is 15.7. The highest BCUT2D eigenvalue weighted by molar-refractivity contribution is 6.04. The Balaban J connectivity index is 1.76. The van der Waals surface area contributed by atoms with E-state index in [4.69, 9.17) is 0 Å². The lowest BCUT2D eigenvalue weighted by atomic mass is 10.1. The van der Waals surface area contributed by atoms with Crippen molar-refractivity contribution in [2.45, 2.75) is 46.1 Å². The van der Waals surface area contributed by atoms with Crippen molar-refractivity contribution in [1.82, 2.24) is 15.5 Å². The van der Waals surface area contributed by atoms with Gasteiger partial charge in [0.05, 0.1) is 0 Å². The number of piperidine rings is 1. The molecule has 0 spiro atoms. The van der Waals surface area contributed by atoms with Crippen LogP contribution in [-0.2, 0) is 9.59 Å². The third-order valence-electron chi connectivity index (χ3n) is 4.68. The van der Waals surface area contributed by atoms with Gasteiger partial charge in [0.1, 0.15) is 6.42 Å². The van der Waals surface area contributed by atoms with Gasteiger partial charge >= 0.3 is 6.03 Å². The molecule has 4 amide bonds. The standard InChI is InChI=1S/C19H28N4O3/c1-4-20-19(26)23-10-8-15(9-11-23)21-17(24)12-18(25)22-16-7-5-6-13(2)14(16)3/h5-7,15H,4,8-12H2,1-3H3,(H,20,26)(H,21,24)(H,22,25). The predicted octanol–water partition coefficient (Wildman–Crippen LogP) is 1.94. The average molecular weight is 360 g/mol. The molecule has 0 aromatic heterocycles. The van der Waals surface area contributed by atoms with E-state index in [2.05, 4.69) is 16.0 Å². The fourth-order valence-electron chi connectivity index (χ4n) is 3.00. The minimum atomic E-state index is -0.323. The predicted molar refractivity (Wildman–Crippen MR) is 101 cm³/mol. The van der Waals surface area contributed by atoms with Gasteiger partial charge in [-0.3, -0.25) is 9.59 Å². The molecule has 1 fully saturated rings. The minimum Gasteiger partial charge on any atom is -0.353 e. The molecule has 1 aliphatic heterocycles. The number of anilines is 1. The monoisotopic (exact) mass is 360 g/mol. The highest BCUT2D eigenvalue weighted by Gasteiger charge is 2.24. The van der Waals surface area contributed by atoms with Crippen LogP contribution >= 0.6 is 0 Å². The number of hydrogen-bond donors (Lipinski definition) is 3. The zero-order chi connectivity index (χ0) is 19.1. The van der Waals surface area contributed by atoms with Gasteiger partial charge in [0.2, 0.25) is 11.8 Å². The molecule has 1 saturated heterocycles. The number of nitrogens with one attached hydrogen (secondary N) is 3. The van der Waals surface area contributed by atoms with E-state index in [9.17, 15) is 14.4 Å². The molecule has 0 saturated carbocycles. The van der Waals surface area contributed by atoms with Crippen LogP contribution < -0.4 is 16.0 Å². The Morgan fingerprint density at radius 3 is 2.46 bits per heavy atom. The Bertz CT molecular complexity index is 667. The number of benzene rings is 1. The molecule has 1 aromatic rings. The lowest BCUT2D eigenvalue weighted by Crippen LogP contribution is -2.49. The van der Waals surface area contributed by atoms with Crippen molar-refractivity contribution in [2.24, 2.45) is 0 Å². The molecule has 7 heteroatoms. The molecule has 0 aliphatic carbocycles. The Hall–Kier alpha value is -2.57. The van der Waals surface area contributed by atoms with E-state index < -0.39 is 0 Å². The Kier molecular flexibility index (Phi) is 7.00. The first-order valence-corrected chi connectivity index (χ1v) is 9.09. The van der Waals surface area contributed by atoms with Crippen molar-refractivity contribution < 1.29 is 14.4 Å². The molecule has 2 rings (SSSR count). The maximum absolute atomic E-state index is 12.1. The number of likely N-dealkylation sites (tertiary alicyclic amines) is 1. The van der Waals surface area contributed by atoms with Gasteiger partial charge in [-0.25, -0.2) is 4.79 Å². The van der Waals surface area contributed by atoms with Crippen molar-refractivity contribution in [3.63, 3.8) is 0 Å². The van der Waals surface area contributed by atoms with E-state index in [1.807, 2.05) is 39.0 Å². The van der Waals surface area contributed by atoms with Gasteiger partial charge in [-0.1, -0.05) is 12.1 Å². The second-order valence-corrected chi connectivity index (χ2v) is 6.64. The maximum atomic E-state index is 12.1. The van der Waals surface area contributed by atoms with Crippen LogP contribution in [0, 0.1) is 13.8 Å². The summed E-state index contributed by atoms with van der Waals surface area (Å²) in [7, 11) is 0. The van der Waals surface area contributed by atoms with Gasteiger partial charge in [0, 0.05) is 31.4 Å². The van der Waals surface area contributed by atoms with Gasteiger partial charge in [0.15, 0.2) is 0 Å². The summed E-state index contributed by atoms with van der Waals surface area (Å²) in [6.07, 6.45) is 1.19. The molecule has 1 aromatic carbocycles. The largest absolute Gasteiger partial charge is 0.353 e. The third kappa shape index (κ3) is 5.47. The van der Waals surface area contributed by atoms with E-state index in [0.717, 1.165) is 16.8 Å². The summed E-state index contributed by atoms with van der Waals surface area (Å²) >= 11 is 0. The number of nitrogens with zero attached hydrogens (tertiary/aromatic N) is 1. The molecule has 0 atom stereocenters. The number of amides is 4.